The van der Waals surface area contributed by atoms with Crippen LogP contribution in [0.5, 0.6) is 0 Å². The summed E-state index contributed by atoms with van der Waals surface area (Å²) in [6.45, 7) is 2.72. The molecule has 2 aliphatic rings. The molecule has 0 spiro atoms. The molecule has 108 valence electrons. The van der Waals surface area contributed by atoms with E-state index in [0.717, 1.165) is 19.4 Å². The summed E-state index contributed by atoms with van der Waals surface area (Å²) in [5.74, 6) is -0.495. The Morgan fingerprint density at radius 3 is 2.84 bits per heavy atom. The Bertz CT molecular complexity index is 327. The highest BCUT2D eigenvalue weighted by molar-refractivity contribution is 5.81. The summed E-state index contributed by atoms with van der Waals surface area (Å²) in [6, 6.07) is 0. The molecule has 2 fully saturated rings. The van der Waals surface area contributed by atoms with Crippen LogP contribution in [0.2, 0.25) is 0 Å². The first kappa shape index (κ1) is 14.3. The van der Waals surface area contributed by atoms with Crippen LogP contribution >= 0.6 is 0 Å². The normalized spacial score (nSPS) is 28.1. The molecular weight excluding hydrogens is 250 g/mol. The zero-order valence-electron chi connectivity index (χ0n) is 11.0. The number of rotatable bonds is 4. The minimum absolute atomic E-state index is 0.0141. The molecular formula is C13H21NO5. The largest absolute Gasteiger partial charge is 0.481 e. The zero-order valence-corrected chi connectivity index (χ0v) is 11.0. The van der Waals surface area contributed by atoms with Crippen LogP contribution < -0.4 is 0 Å². The summed E-state index contributed by atoms with van der Waals surface area (Å²) in [5.41, 5.74) is 0. The molecule has 2 rings (SSSR count). The maximum atomic E-state index is 12.2. The molecule has 0 bridgehead atoms. The van der Waals surface area contributed by atoms with Crippen molar-refractivity contribution in [2.75, 3.05) is 32.9 Å². The fraction of sp³-hybridized carbons (Fsp3) is 0.846. The van der Waals surface area contributed by atoms with Gasteiger partial charge in [-0.05, 0) is 25.2 Å². The molecule has 0 aromatic rings. The average Bonchev–Trinajstić information content (AvgIpc) is 2.45. The van der Waals surface area contributed by atoms with Gasteiger partial charge in [0, 0.05) is 19.5 Å². The highest BCUT2D eigenvalue weighted by atomic mass is 16.6. The third-order valence-electron chi connectivity index (χ3n) is 3.69. The number of ether oxygens (including phenoxy) is 2. The molecule has 6 nitrogen and oxygen atoms in total. The lowest BCUT2D eigenvalue weighted by Crippen LogP contribution is -2.48. The number of nitrogens with zero attached hydrogens (tertiary/aromatic N) is 1. The maximum absolute atomic E-state index is 12.2. The number of likely N-dealkylation sites (tertiary alicyclic amines) is 1. The fourth-order valence-electron chi connectivity index (χ4n) is 2.66. The van der Waals surface area contributed by atoms with Gasteiger partial charge in [-0.2, -0.15) is 0 Å². The molecule has 0 radical (unpaired) electrons. The number of carbonyl (C=O) groups is 2. The summed E-state index contributed by atoms with van der Waals surface area (Å²) in [4.78, 5) is 24.6. The van der Waals surface area contributed by atoms with Crippen molar-refractivity contribution in [3.05, 3.63) is 0 Å². The number of hydrogen-bond acceptors (Lipinski definition) is 4. The Morgan fingerprint density at radius 1 is 1.32 bits per heavy atom. The van der Waals surface area contributed by atoms with Crippen molar-refractivity contribution in [1.29, 1.82) is 0 Å². The predicted molar refractivity (Wildman–Crippen MR) is 66.7 cm³/mol. The quantitative estimate of drug-likeness (QED) is 0.806. The molecule has 6 heteroatoms. The van der Waals surface area contributed by atoms with E-state index >= 15 is 0 Å². The lowest BCUT2D eigenvalue weighted by Gasteiger charge is -2.35. The average molecular weight is 271 g/mol. The van der Waals surface area contributed by atoms with Crippen molar-refractivity contribution in [1.82, 2.24) is 4.90 Å². The van der Waals surface area contributed by atoms with Gasteiger partial charge in [-0.25, -0.2) is 0 Å². The molecule has 2 atom stereocenters. The van der Waals surface area contributed by atoms with Crippen molar-refractivity contribution in [2.45, 2.75) is 31.8 Å². The lowest BCUT2D eigenvalue weighted by atomic mass is 9.93. The fourth-order valence-corrected chi connectivity index (χ4v) is 2.66. The highest BCUT2D eigenvalue weighted by Crippen LogP contribution is 2.22. The van der Waals surface area contributed by atoms with Crippen molar-refractivity contribution in [2.24, 2.45) is 5.92 Å². The van der Waals surface area contributed by atoms with Crippen LogP contribution in [0.4, 0.5) is 0 Å². The van der Waals surface area contributed by atoms with Gasteiger partial charge < -0.3 is 19.5 Å². The van der Waals surface area contributed by atoms with E-state index in [1.54, 1.807) is 4.90 Å². The van der Waals surface area contributed by atoms with Gasteiger partial charge in [0.25, 0.3) is 5.91 Å². The number of aliphatic carboxylic acids is 1. The molecule has 1 amide bonds. The van der Waals surface area contributed by atoms with Gasteiger partial charge in [-0.15, -0.1) is 0 Å². The Labute approximate surface area is 112 Å². The van der Waals surface area contributed by atoms with E-state index in [0.29, 0.717) is 38.7 Å². The van der Waals surface area contributed by atoms with Crippen molar-refractivity contribution in [3.63, 3.8) is 0 Å². The second-order valence-corrected chi connectivity index (χ2v) is 5.16. The van der Waals surface area contributed by atoms with Crippen LogP contribution in [-0.2, 0) is 19.1 Å². The first-order valence-electron chi connectivity index (χ1n) is 6.86. The molecule has 0 aromatic carbocycles. The number of carboxylic acids is 1. The molecule has 2 aliphatic heterocycles. The Kier molecular flexibility index (Phi) is 5.15. The highest BCUT2D eigenvalue weighted by Gasteiger charge is 2.31. The Hall–Kier alpha value is -1.14. The van der Waals surface area contributed by atoms with Crippen LogP contribution in [0.1, 0.15) is 25.7 Å². The van der Waals surface area contributed by atoms with E-state index in [9.17, 15) is 9.59 Å². The standard InChI is InChI=1S/C13H21NO5/c15-12(16)4-3-10-2-1-5-14(8-10)13(17)11-9-18-6-7-19-11/h10-11H,1-9H2,(H,15,16). The third-order valence-corrected chi connectivity index (χ3v) is 3.69. The Balaban J connectivity index is 1.82. The van der Waals surface area contributed by atoms with Gasteiger partial charge in [-0.1, -0.05) is 0 Å². The molecule has 1 N–H and O–H groups in total. The van der Waals surface area contributed by atoms with Gasteiger partial charge in [0.15, 0.2) is 6.10 Å². The number of hydrogen-bond donors (Lipinski definition) is 1. The van der Waals surface area contributed by atoms with Crippen molar-refractivity contribution < 1.29 is 24.2 Å². The third kappa shape index (κ3) is 4.18. The molecule has 2 unspecified atom stereocenters. The van der Waals surface area contributed by atoms with E-state index in [1.807, 2.05) is 0 Å². The van der Waals surface area contributed by atoms with Crippen molar-refractivity contribution >= 4 is 11.9 Å². The minimum atomic E-state index is -0.771. The van der Waals surface area contributed by atoms with Crippen LogP contribution in [0.3, 0.4) is 0 Å². The van der Waals surface area contributed by atoms with E-state index in [2.05, 4.69) is 0 Å². The van der Waals surface area contributed by atoms with Gasteiger partial charge in [0.2, 0.25) is 0 Å². The summed E-state index contributed by atoms with van der Waals surface area (Å²) in [7, 11) is 0. The van der Waals surface area contributed by atoms with Crippen LogP contribution in [0, 0.1) is 5.92 Å². The first-order chi connectivity index (χ1) is 9.16. The lowest BCUT2D eigenvalue weighted by molar-refractivity contribution is -0.159. The zero-order chi connectivity index (χ0) is 13.7. The van der Waals surface area contributed by atoms with E-state index < -0.39 is 12.1 Å². The molecule has 2 saturated heterocycles. The molecule has 0 saturated carbocycles. The SMILES string of the molecule is O=C(O)CCC1CCCN(C(=O)C2COCCO2)C1. The second-order valence-electron chi connectivity index (χ2n) is 5.16. The molecule has 0 aliphatic carbocycles. The summed E-state index contributed by atoms with van der Waals surface area (Å²) < 4.78 is 10.7. The topological polar surface area (TPSA) is 76.1 Å². The summed E-state index contributed by atoms with van der Waals surface area (Å²) in [5, 5.41) is 8.71. The minimum Gasteiger partial charge on any atom is -0.481 e. The van der Waals surface area contributed by atoms with E-state index in [4.69, 9.17) is 14.6 Å². The molecule has 19 heavy (non-hydrogen) atoms. The maximum Gasteiger partial charge on any atom is 0.303 e. The van der Waals surface area contributed by atoms with Gasteiger partial charge >= 0.3 is 5.97 Å². The number of carbonyl (C=O) groups excluding carboxylic acids is 1. The summed E-state index contributed by atoms with van der Waals surface area (Å²) in [6.07, 6.45) is 2.27. The smallest absolute Gasteiger partial charge is 0.303 e. The Morgan fingerprint density at radius 2 is 2.16 bits per heavy atom. The predicted octanol–water partition coefficient (Wildman–Crippen LogP) is 0.505. The monoisotopic (exact) mass is 271 g/mol. The van der Waals surface area contributed by atoms with E-state index in [1.165, 1.54) is 0 Å². The summed E-state index contributed by atoms with van der Waals surface area (Å²) >= 11 is 0. The van der Waals surface area contributed by atoms with Crippen molar-refractivity contribution in [3.8, 4) is 0 Å². The second kappa shape index (κ2) is 6.86. The number of carboxylic acid groups (broad SMARTS) is 1. The number of amides is 1. The molecule has 0 aromatic heterocycles. The van der Waals surface area contributed by atoms with E-state index in [-0.39, 0.29) is 12.3 Å². The van der Waals surface area contributed by atoms with Gasteiger partial charge in [0.05, 0.1) is 19.8 Å². The molecule has 2 heterocycles. The van der Waals surface area contributed by atoms with Crippen LogP contribution in [0.25, 0.3) is 0 Å². The van der Waals surface area contributed by atoms with Gasteiger partial charge in [-0.3, -0.25) is 9.59 Å². The first-order valence-corrected chi connectivity index (χ1v) is 6.86. The number of piperidine rings is 1. The van der Waals surface area contributed by atoms with Crippen LogP contribution in [0.15, 0.2) is 0 Å². The van der Waals surface area contributed by atoms with Gasteiger partial charge in [0.1, 0.15) is 0 Å². The van der Waals surface area contributed by atoms with Crippen LogP contribution in [-0.4, -0.2) is 60.9 Å².